The predicted molar refractivity (Wildman–Crippen MR) is 132 cm³/mol. The Morgan fingerprint density at radius 1 is 1.18 bits per heavy atom. The third kappa shape index (κ3) is 6.12. The highest BCUT2D eigenvalue weighted by atomic mass is 16.3. The van der Waals surface area contributed by atoms with Gasteiger partial charge in [0.05, 0.1) is 6.10 Å². The van der Waals surface area contributed by atoms with E-state index in [4.69, 9.17) is 0 Å². The summed E-state index contributed by atoms with van der Waals surface area (Å²) in [6, 6.07) is 12.1. The maximum atomic E-state index is 13.0. The first kappa shape index (κ1) is 24.2. The van der Waals surface area contributed by atoms with Gasteiger partial charge >= 0.3 is 0 Å². The summed E-state index contributed by atoms with van der Waals surface area (Å²) >= 11 is 0. The molecule has 4 rings (SSSR count). The number of hydrogen-bond donors (Lipinski definition) is 2. The fourth-order valence-electron chi connectivity index (χ4n) is 4.88. The molecule has 2 N–H and O–H groups in total. The van der Waals surface area contributed by atoms with E-state index in [1.54, 1.807) is 37.2 Å². The van der Waals surface area contributed by atoms with Crippen LogP contribution >= 0.6 is 0 Å². The van der Waals surface area contributed by atoms with Crippen LogP contribution in [0, 0.1) is 0 Å². The van der Waals surface area contributed by atoms with Crippen LogP contribution in [-0.2, 0) is 17.8 Å². The maximum absolute atomic E-state index is 13.0. The largest absolute Gasteiger partial charge is 0.390 e. The number of likely N-dealkylation sites (N-methyl/N-ethyl adjacent to an activating group) is 1. The number of aromatic nitrogens is 1. The van der Waals surface area contributed by atoms with Gasteiger partial charge in [-0.25, -0.2) is 4.98 Å². The number of fused-ring (bicyclic) bond motifs is 1. The van der Waals surface area contributed by atoms with Gasteiger partial charge in [0.2, 0.25) is 5.91 Å². The van der Waals surface area contributed by atoms with Gasteiger partial charge in [0, 0.05) is 71.0 Å². The van der Waals surface area contributed by atoms with E-state index in [-0.39, 0.29) is 24.4 Å². The number of rotatable bonds is 7. The van der Waals surface area contributed by atoms with Crippen LogP contribution in [0.25, 0.3) is 0 Å². The molecule has 0 bridgehead atoms. The first-order valence-electron chi connectivity index (χ1n) is 12.1. The highest BCUT2D eigenvalue weighted by Crippen LogP contribution is 2.19. The van der Waals surface area contributed by atoms with Crippen molar-refractivity contribution in [2.45, 2.75) is 44.9 Å². The Hall–Kier alpha value is -2.97. The van der Waals surface area contributed by atoms with E-state index in [9.17, 15) is 14.7 Å². The molecule has 182 valence electrons. The zero-order valence-electron chi connectivity index (χ0n) is 20.1. The van der Waals surface area contributed by atoms with Crippen molar-refractivity contribution in [1.29, 1.82) is 0 Å². The second-order valence-corrected chi connectivity index (χ2v) is 9.45. The van der Waals surface area contributed by atoms with Crippen molar-refractivity contribution in [3.05, 3.63) is 59.3 Å². The van der Waals surface area contributed by atoms with Crippen LogP contribution in [0.5, 0.6) is 0 Å². The Balaban J connectivity index is 1.27. The summed E-state index contributed by atoms with van der Waals surface area (Å²) in [5, 5.41) is 14.1. The van der Waals surface area contributed by atoms with E-state index in [1.165, 1.54) is 11.1 Å². The van der Waals surface area contributed by atoms with Crippen molar-refractivity contribution in [2.75, 3.05) is 45.1 Å². The number of β-amino-alcohol motifs (C(OH)–C–C–N with tert-alkyl or cyclic N) is 1. The number of benzene rings is 1. The lowest BCUT2D eigenvalue weighted by molar-refractivity contribution is -0.129. The SMILES string of the molecule is CC(=O)N1CCC(Nc2cc(C(=O)N(C)C[C@H](O)CN3CCc4ccccc4C3)ccn2)CC1. The fraction of sp³-hybridized carbons (Fsp3) is 0.500. The Kier molecular flexibility index (Phi) is 7.80. The topological polar surface area (TPSA) is 89.0 Å². The molecule has 2 aliphatic rings. The first-order valence-corrected chi connectivity index (χ1v) is 12.1. The number of aliphatic hydroxyl groups is 1. The third-order valence-electron chi connectivity index (χ3n) is 6.81. The monoisotopic (exact) mass is 465 g/mol. The highest BCUT2D eigenvalue weighted by Gasteiger charge is 2.23. The quantitative estimate of drug-likeness (QED) is 0.650. The maximum Gasteiger partial charge on any atom is 0.253 e. The van der Waals surface area contributed by atoms with Crippen molar-refractivity contribution in [1.82, 2.24) is 19.7 Å². The molecule has 2 amide bonds. The molecule has 1 fully saturated rings. The number of aliphatic hydroxyl groups excluding tert-OH is 1. The van der Waals surface area contributed by atoms with Gasteiger partial charge in [-0.15, -0.1) is 0 Å². The Morgan fingerprint density at radius 2 is 1.91 bits per heavy atom. The van der Waals surface area contributed by atoms with E-state index in [2.05, 4.69) is 39.5 Å². The van der Waals surface area contributed by atoms with E-state index < -0.39 is 6.10 Å². The lowest BCUT2D eigenvalue weighted by Gasteiger charge is -2.32. The second kappa shape index (κ2) is 11.0. The third-order valence-corrected chi connectivity index (χ3v) is 6.81. The first-order chi connectivity index (χ1) is 16.4. The number of hydrogen-bond acceptors (Lipinski definition) is 6. The van der Waals surface area contributed by atoms with Crippen LogP contribution in [-0.4, -0.2) is 88.5 Å². The zero-order valence-corrected chi connectivity index (χ0v) is 20.1. The van der Waals surface area contributed by atoms with Gasteiger partial charge in [-0.1, -0.05) is 24.3 Å². The smallest absolute Gasteiger partial charge is 0.253 e. The second-order valence-electron chi connectivity index (χ2n) is 9.45. The molecule has 1 saturated heterocycles. The number of carbonyl (C=O) groups is 2. The van der Waals surface area contributed by atoms with E-state index >= 15 is 0 Å². The predicted octanol–water partition coefficient (Wildman–Crippen LogP) is 2.00. The van der Waals surface area contributed by atoms with Gasteiger partial charge < -0.3 is 20.2 Å². The summed E-state index contributed by atoms with van der Waals surface area (Å²) in [6.07, 6.45) is 3.71. The summed E-state index contributed by atoms with van der Waals surface area (Å²) in [4.78, 5) is 34.6. The molecule has 0 spiro atoms. The minimum Gasteiger partial charge on any atom is -0.390 e. The normalized spacial score (nSPS) is 17.7. The van der Waals surface area contributed by atoms with Gasteiger partial charge in [-0.3, -0.25) is 14.5 Å². The molecule has 1 aromatic heterocycles. The van der Waals surface area contributed by atoms with Crippen molar-refractivity contribution < 1.29 is 14.7 Å². The molecule has 8 nitrogen and oxygen atoms in total. The van der Waals surface area contributed by atoms with Gasteiger partial charge in [-0.05, 0) is 42.5 Å². The van der Waals surface area contributed by atoms with Crippen LogP contribution in [0.3, 0.4) is 0 Å². The Bertz CT molecular complexity index is 1010. The molecule has 0 saturated carbocycles. The zero-order chi connectivity index (χ0) is 24.1. The number of anilines is 1. The standard InChI is InChI=1S/C26H35N5O3/c1-19(32)31-13-9-23(10-14-31)28-25-15-21(7-11-27-25)26(34)29(2)17-24(33)18-30-12-8-20-5-3-4-6-22(20)16-30/h3-7,11,15,23-24,33H,8-10,12-14,16-18H2,1-2H3,(H,27,28)/t24-/m0/s1. The number of likely N-dealkylation sites (tertiary alicyclic amines) is 1. The van der Waals surface area contributed by atoms with Crippen LogP contribution in [0.1, 0.15) is 41.3 Å². The minimum absolute atomic E-state index is 0.111. The van der Waals surface area contributed by atoms with E-state index in [0.717, 1.165) is 45.4 Å². The van der Waals surface area contributed by atoms with E-state index in [1.807, 2.05) is 4.90 Å². The number of carbonyl (C=O) groups excluding carboxylic acids is 2. The molecule has 34 heavy (non-hydrogen) atoms. The van der Waals surface area contributed by atoms with Crippen LogP contribution in [0.15, 0.2) is 42.6 Å². The Morgan fingerprint density at radius 3 is 2.65 bits per heavy atom. The van der Waals surface area contributed by atoms with Crippen molar-refractivity contribution in [2.24, 2.45) is 0 Å². The minimum atomic E-state index is -0.620. The number of nitrogens with one attached hydrogen (secondary N) is 1. The fourth-order valence-corrected chi connectivity index (χ4v) is 4.88. The number of pyridine rings is 1. The Labute approximate surface area is 201 Å². The van der Waals surface area contributed by atoms with Gasteiger partial charge in [0.15, 0.2) is 0 Å². The van der Waals surface area contributed by atoms with E-state index in [0.29, 0.717) is 17.9 Å². The summed E-state index contributed by atoms with van der Waals surface area (Å²) in [6.45, 7) is 5.61. The molecule has 1 aromatic carbocycles. The molecule has 2 aliphatic heterocycles. The molecule has 8 heteroatoms. The molecular formula is C26H35N5O3. The number of piperidine rings is 1. The molecule has 0 unspecified atom stereocenters. The molecule has 3 heterocycles. The summed E-state index contributed by atoms with van der Waals surface area (Å²) < 4.78 is 0. The van der Waals surface area contributed by atoms with Crippen LogP contribution in [0.2, 0.25) is 0 Å². The van der Waals surface area contributed by atoms with Crippen LogP contribution in [0.4, 0.5) is 5.82 Å². The molecule has 0 aliphatic carbocycles. The summed E-state index contributed by atoms with van der Waals surface area (Å²) in [5.41, 5.74) is 3.24. The van der Waals surface area contributed by atoms with Crippen molar-refractivity contribution in [3.63, 3.8) is 0 Å². The average Bonchev–Trinajstić information content (AvgIpc) is 2.84. The van der Waals surface area contributed by atoms with Gasteiger partial charge in [0.1, 0.15) is 5.82 Å². The highest BCUT2D eigenvalue weighted by molar-refractivity contribution is 5.94. The van der Waals surface area contributed by atoms with Gasteiger partial charge in [-0.2, -0.15) is 0 Å². The molecule has 2 aromatic rings. The average molecular weight is 466 g/mol. The summed E-state index contributed by atoms with van der Waals surface area (Å²) in [7, 11) is 1.72. The summed E-state index contributed by atoms with van der Waals surface area (Å²) in [5.74, 6) is 0.632. The molecule has 1 atom stereocenters. The van der Waals surface area contributed by atoms with Crippen LogP contribution < -0.4 is 5.32 Å². The number of amides is 2. The van der Waals surface area contributed by atoms with Crippen molar-refractivity contribution in [3.8, 4) is 0 Å². The molecular weight excluding hydrogens is 430 g/mol. The van der Waals surface area contributed by atoms with Crippen molar-refractivity contribution >= 4 is 17.6 Å². The lowest BCUT2D eigenvalue weighted by atomic mass is 10.00. The lowest BCUT2D eigenvalue weighted by Crippen LogP contribution is -2.42. The molecule has 0 radical (unpaired) electrons. The van der Waals surface area contributed by atoms with Gasteiger partial charge in [0.25, 0.3) is 5.91 Å². The number of nitrogens with zero attached hydrogens (tertiary/aromatic N) is 4.